The Balaban J connectivity index is 3.76. The average Bonchev–Trinajstić information content (AvgIpc) is 2.13. The number of halogens is 4. The molecule has 0 radical (unpaired) electrons. The van der Waals surface area contributed by atoms with E-state index in [1.807, 2.05) is 0 Å². The largest absolute Gasteiger partial charge is 0.206 e. The van der Waals surface area contributed by atoms with Gasteiger partial charge in [0.15, 0.2) is 17.5 Å². The summed E-state index contributed by atoms with van der Waals surface area (Å²) in [5.74, 6) is -5.79. The van der Waals surface area contributed by atoms with Gasteiger partial charge in [-0.05, 0) is 5.31 Å². The van der Waals surface area contributed by atoms with Crippen LogP contribution in [-0.4, -0.2) is 7.85 Å². The Bertz CT molecular complexity index is 447. The van der Waals surface area contributed by atoms with E-state index in [1.54, 1.807) is 0 Å². The van der Waals surface area contributed by atoms with Crippen LogP contribution in [0.2, 0.25) is 0 Å². The second-order valence-electron chi connectivity index (χ2n) is 4.50. The van der Waals surface area contributed by atoms with Crippen molar-refractivity contribution in [3.63, 3.8) is 0 Å². The maximum atomic E-state index is 13.8. The van der Waals surface area contributed by atoms with Gasteiger partial charge in [-0.15, -0.1) is 0 Å². The van der Waals surface area contributed by atoms with Crippen molar-refractivity contribution in [2.45, 2.75) is 19.2 Å². The molecule has 0 aliphatic rings. The molecule has 0 spiro atoms. The van der Waals surface area contributed by atoms with Crippen molar-refractivity contribution >= 4 is 13.9 Å². The fourth-order valence-corrected chi connectivity index (χ4v) is 1.49. The third-order valence-electron chi connectivity index (χ3n) is 2.25. The summed E-state index contributed by atoms with van der Waals surface area (Å²) in [4.78, 5) is 0. The van der Waals surface area contributed by atoms with E-state index in [1.165, 1.54) is 21.7 Å². The van der Waals surface area contributed by atoms with E-state index in [-0.39, 0.29) is 0 Å². The summed E-state index contributed by atoms with van der Waals surface area (Å²) >= 11 is 0. The zero-order valence-electron chi connectivity index (χ0n) is 9.30. The summed E-state index contributed by atoms with van der Waals surface area (Å²) in [6, 6.07) is 0. The van der Waals surface area contributed by atoms with E-state index >= 15 is 0 Å². The number of hydrogen-bond donors (Lipinski definition) is 0. The Labute approximate surface area is 92.4 Å². The zero-order chi connectivity index (χ0) is 12.7. The van der Waals surface area contributed by atoms with Gasteiger partial charge in [0.25, 0.3) is 0 Å². The van der Waals surface area contributed by atoms with Crippen LogP contribution in [0.5, 0.6) is 0 Å². The van der Waals surface area contributed by atoms with Gasteiger partial charge in [-0.2, -0.15) is 0 Å². The van der Waals surface area contributed by atoms with Crippen LogP contribution in [0.15, 0.2) is 6.58 Å². The highest BCUT2D eigenvalue weighted by molar-refractivity contribution is 6.15. The lowest BCUT2D eigenvalue weighted by atomic mass is 9.66. The Morgan fingerprint density at radius 2 is 1.50 bits per heavy atom. The molecule has 0 N–H and O–H groups in total. The minimum atomic E-state index is -1.67. The lowest BCUT2D eigenvalue weighted by molar-refractivity contribution is 0.414. The molecule has 0 nitrogen and oxygen atoms in total. The van der Waals surface area contributed by atoms with E-state index in [2.05, 4.69) is 6.58 Å². The summed E-state index contributed by atoms with van der Waals surface area (Å²) in [7, 11) is 1.51. The average molecular weight is 230 g/mol. The molecule has 0 amide bonds. The van der Waals surface area contributed by atoms with Crippen molar-refractivity contribution in [1.82, 2.24) is 0 Å². The van der Waals surface area contributed by atoms with E-state index in [0.29, 0.717) is 0 Å². The van der Waals surface area contributed by atoms with Crippen molar-refractivity contribution in [2.75, 3.05) is 0 Å². The van der Waals surface area contributed by atoms with Gasteiger partial charge in [-0.1, -0.05) is 26.5 Å². The van der Waals surface area contributed by atoms with Crippen LogP contribution in [0.25, 0.3) is 6.08 Å². The van der Waals surface area contributed by atoms with Crippen molar-refractivity contribution < 1.29 is 17.6 Å². The highest BCUT2D eigenvalue weighted by Gasteiger charge is 2.30. The summed E-state index contributed by atoms with van der Waals surface area (Å²) < 4.78 is 53.5. The molecule has 0 aliphatic carbocycles. The van der Waals surface area contributed by atoms with Gasteiger partial charge in [0.1, 0.15) is 13.7 Å². The number of benzene rings is 1. The molecule has 0 aliphatic heterocycles. The normalized spacial score (nSPS) is 11.6. The third kappa shape index (κ3) is 1.86. The highest BCUT2D eigenvalue weighted by Crippen LogP contribution is 2.31. The molecule has 0 saturated carbocycles. The molecule has 0 bridgehead atoms. The van der Waals surface area contributed by atoms with Gasteiger partial charge >= 0.3 is 0 Å². The molecule has 1 rings (SSSR count). The van der Waals surface area contributed by atoms with E-state index in [4.69, 9.17) is 0 Å². The van der Waals surface area contributed by atoms with Crippen LogP contribution in [-0.2, 0) is 5.31 Å². The first kappa shape index (κ1) is 12.8. The van der Waals surface area contributed by atoms with Crippen LogP contribution < -0.4 is 0 Å². The quantitative estimate of drug-likeness (QED) is 0.317. The second kappa shape index (κ2) is 3.96. The van der Waals surface area contributed by atoms with Crippen LogP contribution in [0.4, 0.5) is 17.6 Å². The van der Waals surface area contributed by atoms with Crippen LogP contribution in [0.1, 0.15) is 25.0 Å². The first-order chi connectivity index (χ1) is 7.21. The van der Waals surface area contributed by atoms with E-state index in [0.717, 1.165) is 6.08 Å². The zero-order valence-corrected chi connectivity index (χ0v) is 9.30. The molecule has 1 aromatic carbocycles. The minimum absolute atomic E-state index is 0.471. The third-order valence-corrected chi connectivity index (χ3v) is 2.25. The predicted octanol–water partition coefficient (Wildman–Crippen LogP) is 2.75. The molecule has 0 fully saturated rings. The number of hydrogen-bond acceptors (Lipinski definition) is 0. The molecule has 5 heteroatoms. The Kier molecular flexibility index (Phi) is 3.17. The summed E-state index contributed by atoms with van der Waals surface area (Å²) in [5, 5.41) is -0.958. The summed E-state index contributed by atoms with van der Waals surface area (Å²) in [6.07, 6.45) is 0.836. The van der Waals surface area contributed by atoms with E-state index < -0.39 is 39.7 Å². The fraction of sp³-hybridized carbons (Fsp3) is 0.273. The lowest BCUT2D eigenvalue weighted by Crippen LogP contribution is -2.23. The van der Waals surface area contributed by atoms with Crippen LogP contribution >= 0.6 is 0 Å². The maximum Gasteiger partial charge on any atom is 0.195 e. The van der Waals surface area contributed by atoms with Gasteiger partial charge in [-0.3, -0.25) is 0 Å². The summed E-state index contributed by atoms with van der Waals surface area (Å²) in [5.41, 5.74) is -1.11. The number of rotatable bonds is 2. The van der Waals surface area contributed by atoms with Gasteiger partial charge in [0.2, 0.25) is 0 Å². The standard InChI is InChI=1S/C11H11BF4/c1-4-5-7(13)6(11(2,3)12)9(15)10(16)8(5)14/h4H,1,12H2,2-3H3. The Hall–Kier alpha value is -1.26. The maximum absolute atomic E-state index is 13.8. The van der Waals surface area contributed by atoms with Crippen LogP contribution in [0.3, 0.4) is 0 Å². The first-order valence-electron chi connectivity index (χ1n) is 4.70. The summed E-state index contributed by atoms with van der Waals surface area (Å²) in [6.45, 7) is 6.20. The van der Waals surface area contributed by atoms with Crippen molar-refractivity contribution in [2.24, 2.45) is 0 Å². The van der Waals surface area contributed by atoms with Gasteiger partial charge < -0.3 is 0 Å². The Morgan fingerprint density at radius 1 is 1.00 bits per heavy atom. The highest BCUT2D eigenvalue weighted by atomic mass is 19.2. The van der Waals surface area contributed by atoms with Crippen LogP contribution in [0, 0.1) is 23.3 Å². The molecular weight excluding hydrogens is 219 g/mol. The van der Waals surface area contributed by atoms with Crippen molar-refractivity contribution in [3.8, 4) is 0 Å². The molecule has 0 unspecified atom stereocenters. The first-order valence-corrected chi connectivity index (χ1v) is 4.70. The molecule has 0 atom stereocenters. The molecule has 0 saturated heterocycles. The minimum Gasteiger partial charge on any atom is -0.206 e. The lowest BCUT2D eigenvalue weighted by Gasteiger charge is -2.22. The fourth-order valence-electron chi connectivity index (χ4n) is 1.49. The molecule has 16 heavy (non-hydrogen) atoms. The molecular formula is C11H11BF4. The van der Waals surface area contributed by atoms with Crippen molar-refractivity contribution in [3.05, 3.63) is 41.0 Å². The van der Waals surface area contributed by atoms with Crippen molar-refractivity contribution in [1.29, 1.82) is 0 Å². The topological polar surface area (TPSA) is 0 Å². The predicted molar refractivity (Wildman–Crippen MR) is 57.9 cm³/mol. The van der Waals surface area contributed by atoms with E-state index in [9.17, 15) is 17.6 Å². The Morgan fingerprint density at radius 3 is 1.88 bits per heavy atom. The SMILES string of the molecule is BC(C)(C)c1c(F)c(F)c(F)c(C=C)c1F. The monoisotopic (exact) mass is 230 g/mol. The smallest absolute Gasteiger partial charge is 0.195 e. The molecule has 86 valence electrons. The van der Waals surface area contributed by atoms with Gasteiger partial charge in [0, 0.05) is 11.1 Å². The van der Waals surface area contributed by atoms with Gasteiger partial charge in [-0.25, -0.2) is 17.6 Å². The van der Waals surface area contributed by atoms with Gasteiger partial charge in [0.05, 0.1) is 0 Å². The molecule has 0 heterocycles. The molecule has 1 aromatic rings. The molecule has 0 aromatic heterocycles. The second-order valence-corrected chi connectivity index (χ2v) is 4.50.